The van der Waals surface area contributed by atoms with Gasteiger partial charge in [0.05, 0.1) is 12.0 Å². The highest BCUT2D eigenvalue weighted by atomic mass is 16.4. The largest absolute Gasteiger partial charge is 0.481 e. The lowest BCUT2D eigenvalue weighted by Crippen LogP contribution is -2.52. The van der Waals surface area contributed by atoms with Gasteiger partial charge in [-0.15, -0.1) is 0 Å². The molecular weight excluding hydrogens is 342 g/mol. The number of aliphatic carboxylic acids is 1. The van der Waals surface area contributed by atoms with Gasteiger partial charge in [-0.25, -0.2) is 4.79 Å². The number of rotatable bonds is 3. The van der Waals surface area contributed by atoms with E-state index in [9.17, 15) is 14.7 Å². The molecule has 0 bridgehead atoms. The third kappa shape index (κ3) is 4.41. The molecular formula is C21H27N3O3. The number of carboxylic acid groups (broad SMARTS) is 1. The van der Waals surface area contributed by atoms with Crippen LogP contribution in [0.5, 0.6) is 0 Å². The van der Waals surface area contributed by atoms with Crippen molar-refractivity contribution in [1.29, 1.82) is 5.26 Å². The first kappa shape index (κ1) is 19.2. The smallest absolute Gasteiger partial charge is 0.320 e. The molecule has 3 rings (SSSR count). The van der Waals surface area contributed by atoms with Gasteiger partial charge in [0.25, 0.3) is 0 Å². The minimum atomic E-state index is -0.842. The number of piperidine rings is 2. The van der Waals surface area contributed by atoms with Gasteiger partial charge in [0.15, 0.2) is 0 Å². The van der Waals surface area contributed by atoms with Crippen LogP contribution in [-0.2, 0) is 11.2 Å². The molecule has 6 heteroatoms. The van der Waals surface area contributed by atoms with Crippen LogP contribution in [0.25, 0.3) is 0 Å². The number of carboxylic acids is 1. The second kappa shape index (κ2) is 8.43. The standard InChI is InChI=1S/C21H27N3O3/c1-2-15-3-5-17(6-4-15)18-11-19(20(25)26)14-24(13-18)21(27)23-9-7-16(12-22)8-10-23/h3-6,16,18-19H,2,7-11,13-14H2,1H3,(H,25,26). The Labute approximate surface area is 160 Å². The van der Waals surface area contributed by atoms with Gasteiger partial charge < -0.3 is 14.9 Å². The molecule has 0 aromatic heterocycles. The summed E-state index contributed by atoms with van der Waals surface area (Å²) >= 11 is 0. The maximum Gasteiger partial charge on any atom is 0.320 e. The molecule has 2 atom stereocenters. The molecule has 2 heterocycles. The van der Waals surface area contributed by atoms with Crippen LogP contribution < -0.4 is 0 Å². The zero-order chi connectivity index (χ0) is 19.4. The Morgan fingerprint density at radius 2 is 1.81 bits per heavy atom. The van der Waals surface area contributed by atoms with Crippen LogP contribution in [0, 0.1) is 23.2 Å². The summed E-state index contributed by atoms with van der Waals surface area (Å²) in [5, 5.41) is 18.6. The van der Waals surface area contributed by atoms with Crippen molar-refractivity contribution >= 4 is 12.0 Å². The quantitative estimate of drug-likeness (QED) is 0.887. The van der Waals surface area contributed by atoms with E-state index in [0.717, 1.165) is 12.0 Å². The van der Waals surface area contributed by atoms with Gasteiger partial charge in [-0.1, -0.05) is 31.2 Å². The van der Waals surface area contributed by atoms with Gasteiger partial charge >= 0.3 is 12.0 Å². The van der Waals surface area contributed by atoms with Crippen molar-refractivity contribution in [2.45, 2.75) is 38.5 Å². The molecule has 2 fully saturated rings. The highest BCUT2D eigenvalue weighted by Crippen LogP contribution is 2.32. The SMILES string of the molecule is CCc1ccc(C2CC(C(=O)O)CN(C(=O)N3CCC(C#N)CC3)C2)cc1. The minimum Gasteiger partial charge on any atom is -0.481 e. The molecule has 0 spiro atoms. The molecule has 2 unspecified atom stereocenters. The summed E-state index contributed by atoms with van der Waals surface area (Å²) in [6, 6.07) is 10.5. The summed E-state index contributed by atoms with van der Waals surface area (Å²) in [6.45, 7) is 4.05. The fraction of sp³-hybridized carbons (Fsp3) is 0.571. The van der Waals surface area contributed by atoms with Crippen molar-refractivity contribution in [2.75, 3.05) is 26.2 Å². The molecule has 0 saturated carbocycles. The summed E-state index contributed by atoms with van der Waals surface area (Å²) in [7, 11) is 0. The Kier molecular flexibility index (Phi) is 6.00. The van der Waals surface area contributed by atoms with E-state index in [-0.39, 0.29) is 24.4 Å². The number of amides is 2. The third-order valence-corrected chi connectivity index (χ3v) is 5.88. The average Bonchev–Trinajstić information content (AvgIpc) is 2.73. The molecule has 1 aromatic rings. The number of likely N-dealkylation sites (tertiary alicyclic amines) is 2. The van der Waals surface area contributed by atoms with Crippen LogP contribution in [0.3, 0.4) is 0 Å². The van der Waals surface area contributed by atoms with E-state index in [4.69, 9.17) is 5.26 Å². The Balaban J connectivity index is 1.73. The molecule has 6 nitrogen and oxygen atoms in total. The minimum absolute atomic E-state index is 0.0204. The first-order valence-corrected chi connectivity index (χ1v) is 9.77. The van der Waals surface area contributed by atoms with E-state index in [1.807, 2.05) is 0 Å². The topological polar surface area (TPSA) is 84.6 Å². The van der Waals surface area contributed by atoms with Crippen LogP contribution >= 0.6 is 0 Å². The zero-order valence-corrected chi connectivity index (χ0v) is 15.8. The third-order valence-electron chi connectivity index (χ3n) is 5.88. The Hall–Kier alpha value is -2.55. The normalized spacial score (nSPS) is 23.7. The van der Waals surface area contributed by atoms with Crippen LogP contribution in [0.1, 0.15) is 43.2 Å². The van der Waals surface area contributed by atoms with Crippen LogP contribution in [0.15, 0.2) is 24.3 Å². The van der Waals surface area contributed by atoms with E-state index >= 15 is 0 Å². The zero-order valence-electron chi connectivity index (χ0n) is 15.8. The van der Waals surface area contributed by atoms with Crippen molar-refractivity contribution in [3.63, 3.8) is 0 Å². The number of aryl methyl sites for hydroxylation is 1. The molecule has 2 saturated heterocycles. The molecule has 2 aliphatic rings. The number of hydrogen-bond donors (Lipinski definition) is 1. The van der Waals surface area contributed by atoms with Gasteiger partial charge in [-0.3, -0.25) is 4.79 Å². The fourth-order valence-electron chi connectivity index (χ4n) is 4.10. The Morgan fingerprint density at radius 1 is 1.15 bits per heavy atom. The van der Waals surface area contributed by atoms with Crippen molar-refractivity contribution in [3.05, 3.63) is 35.4 Å². The van der Waals surface area contributed by atoms with Crippen LogP contribution in [-0.4, -0.2) is 53.1 Å². The number of carbonyl (C=O) groups excluding carboxylic acids is 1. The number of hydrogen-bond acceptors (Lipinski definition) is 3. The summed E-state index contributed by atoms with van der Waals surface area (Å²) in [4.78, 5) is 28.1. The van der Waals surface area contributed by atoms with Crippen LogP contribution in [0.2, 0.25) is 0 Å². The second-order valence-corrected chi connectivity index (χ2v) is 7.64. The van der Waals surface area contributed by atoms with Gasteiger partial charge in [-0.05, 0) is 36.8 Å². The Morgan fingerprint density at radius 3 is 2.37 bits per heavy atom. The van der Waals surface area contributed by atoms with Gasteiger partial charge in [0.1, 0.15) is 0 Å². The first-order valence-electron chi connectivity index (χ1n) is 9.77. The molecule has 1 aromatic carbocycles. The van der Waals surface area contributed by atoms with Gasteiger partial charge in [0.2, 0.25) is 0 Å². The second-order valence-electron chi connectivity index (χ2n) is 7.64. The summed E-state index contributed by atoms with van der Waals surface area (Å²) in [5.74, 6) is -1.33. The fourth-order valence-corrected chi connectivity index (χ4v) is 4.10. The van der Waals surface area contributed by atoms with E-state index in [2.05, 4.69) is 37.3 Å². The Bertz CT molecular complexity index is 717. The van der Waals surface area contributed by atoms with E-state index in [1.165, 1.54) is 5.56 Å². The van der Waals surface area contributed by atoms with E-state index in [1.54, 1.807) is 9.80 Å². The van der Waals surface area contributed by atoms with Crippen molar-refractivity contribution in [3.8, 4) is 6.07 Å². The molecule has 1 N–H and O–H groups in total. The molecule has 144 valence electrons. The first-order chi connectivity index (χ1) is 13.0. The molecule has 2 amide bonds. The van der Waals surface area contributed by atoms with Crippen molar-refractivity contribution in [2.24, 2.45) is 11.8 Å². The van der Waals surface area contributed by atoms with Gasteiger partial charge in [-0.2, -0.15) is 5.26 Å². The van der Waals surface area contributed by atoms with E-state index in [0.29, 0.717) is 38.9 Å². The average molecular weight is 369 g/mol. The number of carbonyl (C=O) groups is 2. The predicted molar refractivity (Wildman–Crippen MR) is 101 cm³/mol. The van der Waals surface area contributed by atoms with Gasteiger partial charge in [0, 0.05) is 38.0 Å². The maximum atomic E-state index is 13.0. The van der Waals surface area contributed by atoms with Crippen molar-refractivity contribution in [1.82, 2.24) is 9.80 Å². The summed E-state index contributed by atoms with van der Waals surface area (Å²) in [5.41, 5.74) is 2.34. The molecule has 0 aliphatic carbocycles. The summed E-state index contributed by atoms with van der Waals surface area (Å²) < 4.78 is 0. The lowest BCUT2D eigenvalue weighted by atomic mass is 9.84. The lowest BCUT2D eigenvalue weighted by molar-refractivity contribution is -0.143. The number of nitriles is 1. The molecule has 0 radical (unpaired) electrons. The maximum absolute atomic E-state index is 13.0. The molecule has 27 heavy (non-hydrogen) atoms. The van der Waals surface area contributed by atoms with Crippen molar-refractivity contribution < 1.29 is 14.7 Å². The number of nitrogens with zero attached hydrogens (tertiary/aromatic N) is 3. The number of benzene rings is 1. The predicted octanol–water partition coefficient (Wildman–Crippen LogP) is 3.09. The van der Waals surface area contributed by atoms with Crippen LogP contribution in [0.4, 0.5) is 4.79 Å². The van der Waals surface area contributed by atoms with E-state index < -0.39 is 11.9 Å². The number of urea groups is 1. The monoisotopic (exact) mass is 369 g/mol. The summed E-state index contributed by atoms with van der Waals surface area (Å²) in [6.07, 6.45) is 2.91. The molecule has 2 aliphatic heterocycles. The lowest BCUT2D eigenvalue weighted by Gasteiger charge is -2.40. The highest BCUT2D eigenvalue weighted by molar-refractivity contribution is 5.77. The highest BCUT2D eigenvalue weighted by Gasteiger charge is 2.36.